The van der Waals surface area contributed by atoms with E-state index in [1.54, 1.807) is 4.57 Å². The molecular weight excluding hydrogens is 433 g/mol. The Bertz CT molecular complexity index is 932. The zero-order valence-electron chi connectivity index (χ0n) is 17.2. The molecule has 6 heteroatoms. The first kappa shape index (κ1) is 26.0. The van der Waals surface area contributed by atoms with Crippen LogP contribution >= 0.6 is 11.3 Å². The number of thiazole rings is 1. The third-order valence-corrected chi connectivity index (χ3v) is 5.13. The topological polar surface area (TPSA) is 55.1 Å². The van der Waals surface area contributed by atoms with Gasteiger partial charge in [0.1, 0.15) is 10.4 Å². The Labute approximate surface area is 191 Å². The number of benzene rings is 1. The Kier molecular flexibility index (Phi) is 11.3. The van der Waals surface area contributed by atoms with Gasteiger partial charge in [-0.15, -0.1) is 11.3 Å². The number of hydrogen-bond acceptors (Lipinski definition) is 4. The molecule has 4 nitrogen and oxygen atoms in total. The Morgan fingerprint density at radius 2 is 1.81 bits per heavy atom. The van der Waals surface area contributed by atoms with Gasteiger partial charge in [0.25, 0.3) is 5.56 Å². The van der Waals surface area contributed by atoms with Gasteiger partial charge in [-0.25, -0.2) is 4.98 Å². The summed E-state index contributed by atoms with van der Waals surface area (Å²) in [5.41, 5.74) is 2.55. The molecule has 145 valence electrons. The van der Waals surface area contributed by atoms with Crippen molar-refractivity contribution in [3.63, 3.8) is 0 Å². The first-order valence-corrected chi connectivity index (χ1v) is 9.71. The van der Waals surface area contributed by atoms with Crippen LogP contribution in [0.1, 0.15) is 44.7 Å². The molecule has 0 aliphatic rings. The van der Waals surface area contributed by atoms with Gasteiger partial charge in [0.2, 0.25) is 0 Å². The van der Waals surface area contributed by atoms with Crippen LogP contribution in [0, 0.1) is 14.4 Å². The van der Waals surface area contributed by atoms with Gasteiger partial charge in [-0.2, -0.15) is 0 Å². The number of fused-ring (bicyclic) bond motifs is 1. The van der Waals surface area contributed by atoms with Crippen LogP contribution < -0.4 is 5.56 Å². The standard InChI is InChI=1S/C18H20N2O2S.C2H6.CH3.Y/c1-4-8-13-19-17-16(23-13)15(21)14(18(22)20(17)5-2)12-10-7-6-9-11(12)3;1-2;;/h6-7,9-10,21H,4-5,8H2,1-3H3;1-2H3;1H3;/q;;-1;. The molecule has 1 aromatic carbocycles. The minimum Gasteiger partial charge on any atom is -0.505 e. The maximum Gasteiger partial charge on any atom is 0.263 e. The molecule has 0 fully saturated rings. The van der Waals surface area contributed by atoms with E-state index in [4.69, 9.17) is 0 Å². The van der Waals surface area contributed by atoms with Gasteiger partial charge in [0.15, 0.2) is 5.65 Å². The molecule has 2 heterocycles. The molecule has 0 atom stereocenters. The van der Waals surface area contributed by atoms with Gasteiger partial charge in [0.05, 0.1) is 10.6 Å². The Hall–Kier alpha value is -1.04. The number of hydrogen-bond donors (Lipinski definition) is 1. The van der Waals surface area contributed by atoms with E-state index in [0.29, 0.717) is 22.5 Å². The molecule has 0 aliphatic heterocycles. The molecule has 0 aliphatic carbocycles. The van der Waals surface area contributed by atoms with E-state index in [2.05, 4.69) is 11.9 Å². The normalized spacial score (nSPS) is 9.81. The summed E-state index contributed by atoms with van der Waals surface area (Å²) in [4.78, 5) is 17.5. The summed E-state index contributed by atoms with van der Waals surface area (Å²) in [5, 5.41) is 11.7. The van der Waals surface area contributed by atoms with E-state index < -0.39 is 0 Å². The summed E-state index contributed by atoms with van der Waals surface area (Å²) in [6, 6.07) is 7.64. The monoisotopic (exact) mass is 462 g/mol. The molecule has 27 heavy (non-hydrogen) atoms. The van der Waals surface area contributed by atoms with Gasteiger partial charge < -0.3 is 12.5 Å². The summed E-state index contributed by atoms with van der Waals surface area (Å²) in [6.07, 6.45) is 1.85. The van der Waals surface area contributed by atoms with E-state index in [0.717, 1.165) is 29.0 Å². The fourth-order valence-electron chi connectivity index (χ4n) is 2.85. The fraction of sp³-hybridized carbons (Fsp3) is 0.381. The van der Waals surface area contributed by atoms with Crippen LogP contribution in [-0.2, 0) is 45.7 Å². The smallest absolute Gasteiger partial charge is 0.263 e. The van der Waals surface area contributed by atoms with Crippen molar-refractivity contribution in [3.8, 4) is 16.9 Å². The molecule has 3 aromatic rings. The molecule has 0 bridgehead atoms. The number of aromatic hydroxyl groups is 1. The molecule has 0 saturated carbocycles. The molecule has 2 aromatic heterocycles. The average molecular weight is 462 g/mol. The second-order valence-corrected chi connectivity index (χ2v) is 6.68. The van der Waals surface area contributed by atoms with Crippen molar-refractivity contribution in [2.45, 2.75) is 54.0 Å². The van der Waals surface area contributed by atoms with Crippen LogP contribution in [0.3, 0.4) is 0 Å². The fourth-order valence-corrected chi connectivity index (χ4v) is 3.97. The molecule has 0 amide bonds. The second-order valence-electron chi connectivity index (χ2n) is 5.60. The Balaban J connectivity index is 0.00000164. The van der Waals surface area contributed by atoms with Crippen LogP contribution in [0.2, 0.25) is 0 Å². The summed E-state index contributed by atoms with van der Waals surface area (Å²) in [6.45, 7) is 10.5. The molecule has 1 N–H and O–H groups in total. The molecule has 0 saturated heterocycles. The minimum atomic E-state index is -0.180. The van der Waals surface area contributed by atoms with E-state index in [1.807, 2.05) is 52.0 Å². The summed E-state index contributed by atoms with van der Waals surface area (Å²) in [7, 11) is 0. The molecular formula is C21H29N2O2SY-. The van der Waals surface area contributed by atoms with Crippen molar-refractivity contribution in [2.75, 3.05) is 0 Å². The molecule has 3 rings (SSSR count). The van der Waals surface area contributed by atoms with Crippen molar-refractivity contribution in [3.05, 3.63) is 52.6 Å². The summed E-state index contributed by atoms with van der Waals surface area (Å²) < 4.78 is 2.36. The van der Waals surface area contributed by atoms with Gasteiger partial charge in [0, 0.05) is 39.3 Å². The van der Waals surface area contributed by atoms with Crippen molar-refractivity contribution in [2.24, 2.45) is 0 Å². The number of rotatable bonds is 4. The predicted molar refractivity (Wildman–Crippen MR) is 113 cm³/mol. The predicted octanol–water partition coefficient (Wildman–Crippen LogP) is 5.59. The SMILES string of the molecule is CC.CCCc1nc2c(s1)c(O)c(-c1ccccc1C)c(=O)n2CC.[CH3-].[Y]. The van der Waals surface area contributed by atoms with E-state index >= 15 is 0 Å². The maximum atomic E-state index is 12.9. The number of aryl methyl sites for hydroxylation is 3. The van der Waals surface area contributed by atoms with Gasteiger partial charge in [-0.1, -0.05) is 45.0 Å². The van der Waals surface area contributed by atoms with Crippen LogP contribution in [-0.4, -0.2) is 14.7 Å². The van der Waals surface area contributed by atoms with Crippen LogP contribution in [0.15, 0.2) is 29.1 Å². The number of aromatic nitrogens is 2. The zero-order chi connectivity index (χ0) is 18.6. The molecule has 1 radical (unpaired) electrons. The van der Waals surface area contributed by atoms with E-state index in [9.17, 15) is 9.90 Å². The number of nitrogens with zero attached hydrogens (tertiary/aromatic N) is 2. The quantitative estimate of drug-likeness (QED) is 0.515. The summed E-state index contributed by atoms with van der Waals surface area (Å²) in [5.74, 6) is 0.0591. The van der Waals surface area contributed by atoms with Crippen molar-refractivity contribution < 1.29 is 37.8 Å². The van der Waals surface area contributed by atoms with Gasteiger partial charge in [-0.3, -0.25) is 9.36 Å². The first-order valence-electron chi connectivity index (χ1n) is 8.89. The minimum absolute atomic E-state index is 0. The molecule has 0 spiro atoms. The Morgan fingerprint density at radius 3 is 2.37 bits per heavy atom. The van der Waals surface area contributed by atoms with Gasteiger partial charge >= 0.3 is 0 Å². The molecule has 0 unspecified atom stereocenters. The average Bonchev–Trinajstić information content (AvgIpc) is 3.03. The number of pyridine rings is 1. The first-order chi connectivity index (χ1) is 12.1. The van der Waals surface area contributed by atoms with Crippen LogP contribution in [0.25, 0.3) is 21.5 Å². The maximum absolute atomic E-state index is 12.9. The third-order valence-electron chi connectivity index (χ3n) is 4.01. The second kappa shape index (κ2) is 11.7. The van der Waals surface area contributed by atoms with Gasteiger partial charge in [-0.05, 0) is 37.8 Å². The van der Waals surface area contributed by atoms with Crippen molar-refractivity contribution in [1.29, 1.82) is 0 Å². The zero-order valence-corrected chi connectivity index (χ0v) is 20.8. The van der Waals surface area contributed by atoms with Crippen molar-refractivity contribution in [1.82, 2.24) is 9.55 Å². The van der Waals surface area contributed by atoms with E-state index in [-0.39, 0.29) is 51.4 Å². The van der Waals surface area contributed by atoms with Crippen LogP contribution in [0.4, 0.5) is 0 Å². The van der Waals surface area contributed by atoms with Crippen molar-refractivity contribution >= 4 is 21.7 Å². The Morgan fingerprint density at radius 1 is 1.19 bits per heavy atom. The van der Waals surface area contributed by atoms with Crippen LogP contribution in [0.5, 0.6) is 5.75 Å². The summed E-state index contributed by atoms with van der Waals surface area (Å²) >= 11 is 1.48. The third kappa shape index (κ3) is 5.07. The van der Waals surface area contributed by atoms with E-state index in [1.165, 1.54) is 11.3 Å². The largest absolute Gasteiger partial charge is 0.505 e.